The molecule has 1 aliphatic heterocycles. The van der Waals surface area contributed by atoms with Gasteiger partial charge in [-0.2, -0.15) is 0 Å². The van der Waals surface area contributed by atoms with Gasteiger partial charge in [0.15, 0.2) is 0 Å². The van der Waals surface area contributed by atoms with Crippen molar-refractivity contribution in [2.45, 2.75) is 31.8 Å². The van der Waals surface area contributed by atoms with Crippen molar-refractivity contribution < 1.29 is 9.59 Å². The topological polar surface area (TPSA) is 73.5 Å². The lowest BCUT2D eigenvalue weighted by Crippen LogP contribution is -2.33. The zero-order valence-electron chi connectivity index (χ0n) is 18.4. The molecule has 8 heteroatoms. The largest absolute Gasteiger partial charge is 0.366 e. The van der Waals surface area contributed by atoms with Crippen LogP contribution in [0.2, 0.25) is 10.0 Å². The van der Waals surface area contributed by atoms with Gasteiger partial charge in [0.05, 0.1) is 15.6 Å². The Balaban J connectivity index is 1.37. The predicted octanol–water partition coefficient (Wildman–Crippen LogP) is 6.09. The smallest absolute Gasteiger partial charge is 0.323 e. The van der Waals surface area contributed by atoms with E-state index in [0.29, 0.717) is 27.0 Å². The normalized spacial score (nSPS) is 14.8. The summed E-state index contributed by atoms with van der Waals surface area (Å²) in [6.07, 6.45) is 2.93. The van der Waals surface area contributed by atoms with E-state index in [-0.39, 0.29) is 11.9 Å². The second-order valence-corrected chi connectivity index (χ2v) is 9.44. The molecule has 6 nitrogen and oxygen atoms in total. The van der Waals surface area contributed by atoms with Crippen molar-refractivity contribution in [2.75, 3.05) is 22.1 Å². The minimum atomic E-state index is -0.438. The van der Waals surface area contributed by atoms with Crippen LogP contribution in [0.4, 0.5) is 21.9 Å². The van der Waals surface area contributed by atoms with Crippen molar-refractivity contribution in [3.05, 3.63) is 87.4 Å². The highest BCUT2D eigenvalue weighted by atomic mass is 35.5. The SMILES string of the molecule is O=C(Nc1ccc(Cl)c(Cl)c1)Nc1ccc(N2CCc3ccccc3C2)c(C(=O)NC2CC2)c1. The van der Waals surface area contributed by atoms with Crippen LogP contribution in [0.25, 0.3) is 0 Å². The third-order valence-corrected chi connectivity index (χ3v) is 6.80. The standard InChI is InChI=1S/C26H24Cl2N4O2/c27-22-9-7-20(14-23(22)28)31-26(34)30-19-8-10-24(21(13-19)25(33)29-18-5-6-18)32-12-11-16-3-1-2-4-17(16)15-32/h1-4,7-10,13-14,18H,5-6,11-12,15H2,(H,29,33)(H2,30,31,34). The maximum Gasteiger partial charge on any atom is 0.323 e. The predicted molar refractivity (Wildman–Crippen MR) is 137 cm³/mol. The molecule has 1 heterocycles. The molecule has 0 spiro atoms. The number of amides is 3. The molecule has 1 fully saturated rings. The average molecular weight is 495 g/mol. The molecule has 0 radical (unpaired) electrons. The summed E-state index contributed by atoms with van der Waals surface area (Å²) in [4.78, 5) is 27.9. The number of urea groups is 1. The van der Waals surface area contributed by atoms with Crippen LogP contribution >= 0.6 is 23.2 Å². The molecule has 0 unspecified atom stereocenters. The van der Waals surface area contributed by atoms with E-state index in [0.717, 1.165) is 38.0 Å². The first-order valence-electron chi connectivity index (χ1n) is 11.3. The maximum absolute atomic E-state index is 13.1. The number of hydrogen-bond donors (Lipinski definition) is 3. The summed E-state index contributed by atoms with van der Waals surface area (Å²) < 4.78 is 0. The number of nitrogens with one attached hydrogen (secondary N) is 3. The number of nitrogens with zero attached hydrogens (tertiary/aromatic N) is 1. The van der Waals surface area contributed by atoms with Gasteiger partial charge in [-0.1, -0.05) is 47.5 Å². The Morgan fingerprint density at radius 2 is 1.56 bits per heavy atom. The molecule has 3 aromatic carbocycles. The number of hydrogen-bond acceptors (Lipinski definition) is 3. The van der Waals surface area contributed by atoms with Gasteiger partial charge >= 0.3 is 6.03 Å². The van der Waals surface area contributed by atoms with Crippen molar-refractivity contribution in [2.24, 2.45) is 0 Å². The van der Waals surface area contributed by atoms with Gasteiger partial charge in [-0.05, 0) is 66.8 Å². The summed E-state index contributed by atoms with van der Waals surface area (Å²) in [5.41, 5.74) is 5.08. The lowest BCUT2D eigenvalue weighted by Gasteiger charge is -2.32. The van der Waals surface area contributed by atoms with Crippen LogP contribution in [0.15, 0.2) is 60.7 Å². The van der Waals surface area contributed by atoms with Gasteiger partial charge in [-0.3, -0.25) is 4.79 Å². The Morgan fingerprint density at radius 3 is 2.29 bits per heavy atom. The second kappa shape index (κ2) is 9.57. The molecule has 1 aliphatic carbocycles. The molecule has 34 heavy (non-hydrogen) atoms. The van der Waals surface area contributed by atoms with Crippen LogP contribution < -0.4 is 20.9 Å². The van der Waals surface area contributed by atoms with Crippen LogP contribution in [0.5, 0.6) is 0 Å². The summed E-state index contributed by atoms with van der Waals surface area (Å²) in [5, 5.41) is 9.39. The van der Waals surface area contributed by atoms with E-state index >= 15 is 0 Å². The number of fused-ring (bicyclic) bond motifs is 1. The minimum Gasteiger partial charge on any atom is -0.366 e. The average Bonchev–Trinajstić information content (AvgIpc) is 3.65. The number of rotatable bonds is 5. The molecular formula is C26H24Cl2N4O2. The first-order chi connectivity index (χ1) is 16.5. The van der Waals surface area contributed by atoms with Crippen LogP contribution in [-0.4, -0.2) is 24.5 Å². The van der Waals surface area contributed by atoms with Crippen molar-refractivity contribution >= 4 is 52.2 Å². The Hall–Kier alpha value is -3.22. The summed E-state index contributed by atoms with van der Waals surface area (Å²) in [6, 6.07) is 18.5. The highest BCUT2D eigenvalue weighted by Crippen LogP contribution is 2.31. The molecule has 5 rings (SSSR count). The van der Waals surface area contributed by atoms with Crippen LogP contribution in [0, 0.1) is 0 Å². The molecule has 2 aliphatic rings. The fourth-order valence-electron chi connectivity index (χ4n) is 4.13. The third kappa shape index (κ3) is 5.13. The third-order valence-electron chi connectivity index (χ3n) is 6.06. The second-order valence-electron chi connectivity index (χ2n) is 8.63. The Morgan fingerprint density at radius 1 is 0.853 bits per heavy atom. The van der Waals surface area contributed by atoms with Gasteiger partial charge in [0, 0.05) is 36.2 Å². The van der Waals surface area contributed by atoms with E-state index in [2.05, 4.69) is 39.0 Å². The molecule has 1 saturated carbocycles. The van der Waals surface area contributed by atoms with Gasteiger partial charge in [-0.15, -0.1) is 0 Å². The van der Waals surface area contributed by atoms with Crippen LogP contribution in [-0.2, 0) is 13.0 Å². The van der Waals surface area contributed by atoms with Gasteiger partial charge < -0.3 is 20.9 Å². The number of halogens is 2. The van der Waals surface area contributed by atoms with Crippen molar-refractivity contribution in [1.82, 2.24) is 5.32 Å². The van der Waals surface area contributed by atoms with Gasteiger partial charge in [0.1, 0.15) is 0 Å². The lowest BCUT2D eigenvalue weighted by molar-refractivity contribution is 0.0951. The van der Waals surface area contributed by atoms with E-state index in [1.54, 1.807) is 24.3 Å². The first kappa shape index (κ1) is 22.6. The Kier molecular flexibility index (Phi) is 6.35. The van der Waals surface area contributed by atoms with Crippen molar-refractivity contribution in [1.29, 1.82) is 0 Å². The lowest BCUT2D eigenvalue weighted by atomic mass is 9.98. The number of benzene rings is 3. The monoisotopic (exact) mass is 494 g/mol. The number of carbonyl (C=O) groups is 2. The molecule has 0 aromatic heterocycles. The van der Waals surface area contributed by atoms with Gasteiger partial charge in [0.25, 0.3) is 5.91 Å². The Bertz CT molecular complexity index is 1260. The summed E-state index contributed by atoms with van der Waals surface area (Å²) in [6.45, 7) is 1.57. The van der Waals surface area contributed by atoms with E-state index in [1.807, 2.05) is 18.2 Å². The highest BCUT2D eigenvalue weighted by molar-refractivity contribution is 6.42. The molecule has 0 atom stereocenters. The number of carbonyl (C=O) groups excluding carboxylic acids is 2. The first-order valence-corrected chi connectivity index (χ1v) is 12.0. The molecule has 0 bridgehead atoms. The van der Waals surface area contributed by atoms with E-state index < -0.39 is 6.03 Å². The van der Waals surface area contributed by atoms with E-state index in [9.17, 15) is 9.59 Å². The zero-order chi connectivity index (χ0) is 23.7. The van der Waals surface area contributed by atoms with Gasteiger partial charge in [0.2, 0.25) is 0 Å². The quantitative estimate of drug-likeness (QED) is 0.401. The van der Waals surface area contributed by atoms with Gasteiger partial charge in [-0.25, -0.2) is 4.79 Å². The van der Waals surface area contributed by atoms with Crippen molar-refractivity contribution in [3.8, 4) is 0 Å². The molecule has 3 N–H and O–H groups in total. The highest BCUT2D eigenvalue weighted by Gasteiger charge is 2.27. The summed E-state index contributed by atoms with van der Waals surface area (Å²) in [5.74, 6) is -0.120. The van der Waals surface area contributed by atoms with Crippen molar-refractivity contribution in [3.63, 3.8) is 0 Å². The fraction of sp³-hybridized carbons (Fsp3) is 0.231. The molecule has 3 amide bonds. The van der Waals surface area contributed by atoms with E-state index in [4.69, 9.17) is 23.2 Å². The fourth-order valence-corrected chi connectivity index (χ4v) is 4.43. The summed E-state index contributed by atoms with van der Waals surface area (Å²) >= 11 is 12.0. The minimum absolute atomic E-state index is 0.120. The zero-order valence-corrected chi connectivity index (χ0v) is 19.9. The number of anilines is 3. The Labute approximate surface area is 208 Å². The van der Waals surface area contributed by atoms with Crippen LogP contribution in [0.1, 0.15) is 34.3 Å². The maximum atomic E-state index is 13.1. The molecule has 0 saturated heterocycles. The molecular weight excluding hydrogens is 471 g/mol. The van der Waals surface area contributed by atoms with E-state index in [1.165, 1.54) is 11.1 Å². The summed E-state index contributed by atoms with van der Waals surface area (Å²) in [7, 11) is 0. The van der Waals surface area contributed by atoms with Crippen LogP contribution in [0.3, 0.4) is 0 Å². The molecule has 174 valence electrons. The molecule has 3 aromatic rings.